The van der Waals surface area contributed by atoms with Gasteiger partial charge in [0.25, 0.3) is 0 Å². The largest absolute Gasteiger partial charge is 0.0890 e. The van der Waals surface area contributed by atoms with Crippen LogP contribution in [0.25, 0.3) is 0 Å². The van der Waals surface area contributed by atoms with Crippen LogP contribution in [0, 0.1) is 0 Å². The van der Waals surface area contributed by atoms with Crippen molar-refractivity contribution in [3.05, 3.63) is 0 Å². The maximum Gasteiger partial charge on any atom is 0.0559 e. The SMILES string of the molecule is C[Si](C)(C)[13C](I)([Si](C)(C)C)[Si](C)(C)C. The molecule has 0 unspecified atom stereocenters. The Balaban J connectivity index is 5.54. The first-order valence-electron chi connectivity index (χ1n) is 5.44. The fraction of sp³-hybridized carbons (Fsp3) is 1.00. The number of rotatable bonds is 3. The van der Waals surface area contributed by atoms with Gasteiger partial charge in [-0.15, -0.1) is 0 Å². The van der Waals surface area contributed by atoms with Crippen molar-refractivity contribution in [3.8, 4) is 0 Å². The van der Waals surface area contributed by atoms with E-state index in [0.29, 0.717) is 2.29 Å². The van der Waals surface area contributed by atoms with Crippen LogP contribution in [0.15, 0.2) is 0 Å². The van der Waals surface area contributed by atoms with Crippen LogP contribution in [0.2, 0.25) is 58.9 Å². The normalized spacial score (nSPS) is 15.9. The summed E-state index contributed by atoms with van der Waals surface area (Å²) < 4.78 is 0.699. The third-order valence-corrected chi connectivity index (χ3v) is 37.4. The van der Waals surface area contributed by atoms with Crippen molar-refractivity contribution in [1.82, 2.24) is 0 Å². The number of halogens is 1. The van der Waals surface area contributed by atoms with Gasteiger partial charge in [-0.3, -0.25) is 0 Å². The van der Waals surface area contributed by atoms with Gasteiger partial charge in [0.15, 0.2) is 0 Å². The standard InChI is InChI=1S/C10H27ISi3/c1-12(2,3)10(11,13(4,5)6)14(7,8)9/h1-9H3/i10+1. The predicted octanol–water partition coefficient (Wildman–Crippen LogP) is 4.79. The van der Waals surface area contributed by atoms with Crippen LogP contribution in [-0.2, 0) is 0 Å². The van der Waals surface area contributed by atoms with E-state index in [-0.39, 0.29) is 0 Å². The third-order valence-electron chi connectivity index (χ3n) is 3.10. The number of alkyl halides is 1. The molecule has 0 atom stereocenters. The molecule has 0 amide bonds. The van der Waals surface area contributed by atoms with Crippen molar-refractivity contribution in [2.24, 2.45) is 0 Å². The van der Waals surface area contributed by atoms with Crippen molar-refractivity contribution in [1.29, 1.82) is 0 Å². The maximum absolute atomic E-state index is 2.88. The molecule has 0 aliphatic heterocycles. The summed E-state index contributed by atoms with van der Waals surface area (Å²) in [4.78, 5) is 0. The van der Waals surface area contributed by atoms with Crippen LogP contribution in [0.5, 0.6) is 0 Å². The molecule has 0 N–H and O–H groups in total. The van der Waals surface area contributed by atoms with Gasteiger partial charge < -0.3 is 0 Å². The molecule has 0 aliphatic carbocycles. The molecule has 0 saturated carbocycles. The molecule has 0 aromatic rings. The summed E-state index contributed by atoms with van der Waals surface area (Å²) in [7, 11) is -3.21. The monoisotopic (exact) mass is 359 g/mol. The van der Waals surface area contributed by atoms with Crippen molar-refractivity contribution in [2.45, 2.75) is 61.2 Å². The van der Waals surface area contributed by atoms with Gasteiger partial charge in [0.2, 0.25) is 0 Å². The highest BCUT2D eigenvalue weighted by Crippen LogP contribution is 2.46. The molecule has 0 aliphatic rings. The number of hydrogen-bond acceptors (Lipinski definition) is 0. The summed E-state index contributed by atoms with van der Waals surface area (Å²) in [6.45, 7) is 23.1. The lowest BCUT2D eigenvalue weighted by Gasteiger charge is -2.55. The molecule has 0 radical (unpaired) electrons. The lowest BCUT2D eigenvalue weighted by atomic mass is 11.8. The van der Waals surface area contributed by atoms with E-state index in [9.17, 15) is 0 Å². The molecule has 0 fully saturated rings. The fourth-order valence-corrected chi connectivity index (χ4v) is 30.4. The fourth-order valence-electron chi connectivity index (χ4n) is 3.38. The maximum atomic E-state index is 2.88. The van der Waals surface area contributed by atoms with Crippen molar-refractivity contribution in [3.63, 3.8) is 0 Å². The Morgan fingerprint density at radius 2 is 0.714 bits per heavy atom. The zero-order chi connectivity index (χ0) is 12.0. The minimum Gasteiger partial charge on any atom is -0.0890 e. The molecule has 4 heteroatoms. The molecule has 86 valence electrons. The minimum atomic E-state index is -1.07. The van der Waals surface area contributed by atoms with Gasteiger partial charge in [0, 0.05) is 2.29 Å². The Morgan fingerprint density at radius 1 is 0.571 bits per heavy atom. The Labute approximate surface area is 107 Å². The summed E-state index contributed by atoms with van der Waals surface area (Å²) in [6, 6.07) is 0. The van der Waals surface area contributed by atoms with Gasteiger partial charge >= 0.3 is 0 Å². The summed E-state index contributed by atoms with van der Waals surface area (Å²) in [6.07, 6.45) is 0. The second-order valence-electron chi connectivity index (χ2n) is 7.41. The molecule has 0 spiro atoms. The third kappa shape index (κ3) is 2.55. The van der Waals surface area contributed by atoms with Crippen LogP contribution < -0.4 is 0 Å². The average Bonchev–Trinajstić information content (AvgIpc) is 1.77. The lowest BCUT2D eigenvalue weighted by Crippen LogP contribution is -2.73. The Kier molecular flexibility index (Phi) is 4.39. The summed E-state index contributed by atoms with van der Waals surface area (Å²) in [5.74, 6) is 0. The van der Waals surface area contributed by atoms with Crippen LogP contribution >= 0.6 is 22.6 Å². The molecule has 0 aromatic heterocycles. The Bertz CT molecular complexity index is 169. The van der Waals surface area contributed by atoms with Crippen molar-refractivity contribution < 1.29 is 0 Å². The molecular weight excluding hydrogens is 332 g/mol. The van der Waals surface area contributed by atoms with Gasteiger partial charge in [-0.2, -0.15) is 0 Å². The zero-order valence-corrected chi connectivity index (χ0v) is 16.5. The van der Waals surface area contributed by atoms with Crippen LogP contribution in [-0.4, -0.2) is 26.5 Å². The molecule has 0 nitrogen and oxygen atoms in total. The molecular formula is C10H27ISi3. The van der Waals surface area contributed by atoms with E-state index < -0.39 is 24.2 Å². The van der Waals surface area contributed by atoms with E-state index in [0.717, 1.165) is 0 Å². The zero-order valence-electron chi connectivity index (χ0n) is 11.4. The lowest BCUT2D eigenvalue weighted by molar-refractivity contribution is 1.32. The summed E-state index contributed by atoms with van der Waals surface area (Å²) >= 11 is 2.88. The van der Waals surface area contributed by atoms with Crippen LogP contribution in [0.1, 0.15) is 0 Å². The van der Waals surface area contributed by atoms with Crippen LogP contribution in [0.3, 0.4) is 0 Å². The van der Waals surface area contributed by atoms with E-state index >= 15 is 0 Å². The van der Waals surface area contributed by atoms with E-state index in [1.807, 2.05) is 0 Å². The van der Waals surface area contributed by atoms with Gasteiger partial charge in [-0.1, -0.05) is 81.5 Å². The van der Waals surface area contributed by atoms with Crippen molar-refractivity contribution in [2.75, 3.05) is 0 Å². The molecule has 14 heavy (non-hydrogen) atoms. The second kappa shape index (κ2) is 4.00. The molecule has 0 saturated heterocycles. The van der Waals surface area contributed by atoms with Gasteiger partial charge in [-0.25, -0.2) is 0 Å². The van der Waals surface area contributed by atoms with E-state index in [1.165, 1.54) is 0 Å². The molecule has 0 bridgehead atoms. The first-order valence-corrected chi connectivity index (χ1v) is 17.0. The quantitative estimate of drug-likeness (QED) is 0.294. The Morgan fingerprint density at radius 3 is 0.714 bits per heavy atom. The predicted molar refractivity (Wildman–Crippen MR) is 86.8 cm³/mol. The first kappa shape index (κ1) is 15.4. The topological polar surface area (TPSA) is 0 Å². The highest BCUT2D eigenvalue weighted by molar-refractivity contribution is 14.1. The minimum absolute atomic E-state index is 0.699. The summed E-state index contributed by atoms with van der Waals surface area (Å²) in [5, 5.41) is 0. The van der Waals surface area contributed by atoms with Crippen LogP contribution in [0.4, 0.5) is 0 Å². The average molecular weight is 359 g/mol. The Hall–Kier alpha value is 1.38. The smallest absolute Gasteiger partial charge is 0.0559 e. The summed E-state index contributed by atoms with van der Waals surface area (Å²) in [5.41, 5.74) is 0. The highest BCUT2D eigenvalue weighted by Gasteiger charge is 2.57. The van der Waals surface area contributed by atoms with Crippen molar-refractivity contribution >= 4 is 46.8 Å². The highest BCUT2D eigenvalue weighted by atomic mass is 127. The first-order chi connectivity index (χ1) is 5.75. The van der Waals surface area contributed by atoms with E-state index in [1.54, 1.807) is 0 Å². The van der Waals surface area contributed by atoms with Gasteiger partial charge in [-0.05, 0) is 0 Å². The van der Waals surface area contributed by atoms with E-state index in [4.69, 9.17) is 0 Å². The molecule has 0 rings (SSSR count). The second-order valence-corrected chi connectivity index (χ2v) is 29.3. The van der Waals surface area contributed by atoms with E-state index in [2.05, 4.69) is 81.5 Å². The molecule has 0 heterocycles. The van der Waals surface area contributed by atoms with Gasteiger partial charge in [0.1, 0.15) is 0 Å². The number of hydrogen-bond donors (Lipinski definition) is 0. The van der Waals surface area contributed by atoms with Gasteiger partial charge in [0.05, 0.1) is 24.2 Å². The molecule has 0 aromatic carbocycles.